The molecule has 1 aromatic carbocycles. The van der Waals surface area contributed by atoms with Gasteiger partial charge in [0, 0.05) is 29.4 Å². The van der Waals surface area contributed by atoms with E-state index in [4.69, 9.17) is 5.21 Å². The first kappa shape index (κ1) is 14.6. The van der Waals surface area contributed by atoms with E-state index in [9.17, 15) is 9.59 Å². The summed E-state index contributed by atoms with van der Waals surface area (Å²) in [4.78, 5) is 29.7. The number of carbonyl (C=O) groups excluding carboxylic acids is 2. The van der Waals surface area contributed by atoms with E-state index >= 15 is 0 Å². The van der Waals surface area contributed by atoms with Gasteiger partial charge in [-0.2, -0.15) is 0 Å². The molecule has 2 heterocycles. The number of amides is 2. The van der Waals surface area contributed by atoms with Gasteiger partial charge in [-0.25, -0.2) is 10.5 Å². The van der Waals surface area contributed by atoms with E-state index in [1.165, 1.54) is 11.3 Å². The third-order valence-electron chi connectivity index (χ3n) is 3.35. The van der Waals surface area contributed by atoms with Gasteiger partial charge < -0.3 is 5.32 Å². The zero-order valence-electron chi connectivity index (χ0n) is 11.6. The summed E-state index contributed by atoms with van der Waals surface area (Å²) in [6.07, 6.45) is 1.73. The average molecular weight is 318 g/mol. The number of aromatic nitrogens is 1. The maximum Gasteiger partial charge on any atom is 0.274 e. The second-order valence-electron chi connectivity index (χ2n) is 4.93. The molecule has 2 aromatic rings. The molecule has 1 aliphatic heterocycles. The Kier molecular flexibility index (Phi) is 4.14. The maximum absolute atomic E-state index is 12.0. The van der Waals surface area contributed by atoms with Crippen molar-refractivity contribution in [1.29, 1.82) is 0 Å². The lowest BCUT2D eigenvalue weighted by Crippen LogP contribution is -2.29. The highest BCUT2D eigenvalue weighted by Crippen LogP contribution is 2.23. The molecule has 0 spiro atoms. The van der Waals surface area contributed by atoms with Crippen LogP contribution in [0.25, 0.3) is 0 Å². The summed E-state index contributed by atoms with van der Waals surface area (Å²) in [5.74, 6) is -0.681. The van der Waals surface area contributed by atoms with Crippen molar-refractivity contribution in [2.45, 2.75) is 13.1 Å². The van der Waals surface area contributed by atoms with Crippen molar-refractivity contribution in [3.8, 4) is 0 Å². The quantitative estimate of drug-likeness (QED) is 0.584. The Morgan fingerprint density at radius 3 is 3.05 bits per heavy atom. The number of hydrogen-bond acceptors (Lipinski definition) is 6. The Bertz CT molecular complexity index is 702. The van der Waals surface area contributed by atoms with Gasteiger partial charge in [0.1, 0.15) is 5.01 Å². The van der Waals surface area contributed by atoms with Crippen LogP contribution in [0, 0.1) is 0 Å². The van der Waals surface area contributed by atoms with Crippen LogP contribution in [-0.2, 0) is 17.9 Å². The summed E-state index contributed by atoms with van der Waals surface area (Å²) < 4.78 is 0. The van der Waals surface area contributed by atoms with Crippen molar-refractivity contribution in [3.63, 3.8) is 0 Å². The first-order chi connectivity index (χ1) is 10.7. The number of rotatable bonds is 3. The Morgan fingerprint density at radius 2 is 2.32 bits per heavy atom. The van der Waals surface area contributed by atoms with E-state index in [1.54, 1.807) is 29.9 Å². The predicted octanol–water partition coefficient (Wildman–Crippen LogP) is 1.22. The summed E-state index contributed by atoms with van der Waals surface area (Å²) in [7, 11) is 0. The number of carbonyl (C=O) groups is 2. The van der Waals surface area contributed by atoms with E-state index < -0.39 is 5.91 Å². The lowest BCUT2D eigenvalue weighted by molar-refractivity contribution is -0.117. The fourth-order valence-electron chi connectivity index (χ4n) is 2.38. The third-order valence-corrected chi connectivity index (χ3v) is 4.11. The van der Waals surface area contributed by atoms with Gasteiger partial charge in [0.2, 0.25) is 5.91 Å². The van der Waals surface area contributed by atoms with E-state index in [1.807, 2.05) is 10.3 Å². The SMILES string of the molecule is O=C1CN(Cc2nccs2)Cc2cc(C(=O)NO)ccc2N1. The minimum Gasteiger partial charge on any atom is -0.325 e. The summed E-state index contributed by atoms with van der Waals surface area (Å²) in [5.41, 5.74) is 3.46. The zero-order valence-corrected chi connectivity index (χ0v) is 12.4. The molecule has 0 fully saturated rings. The molecule has 2 amide bonds. The number of nitrogens with one attached hydrogen (secondary N) is 2. The van der Waals surface area contributed by atoms with Crippen LogP contribution in [0.4, 0.5) is 5.69 Å². The van der Waals surface area contributed by atoms with Crippen LogP contribution in [0.15, 0.2) is 29.8 Å². The number of hydrogen-bond donors (Lipinski definition) is 3. The van der Waals surface area contributed by atoms with Crippen molar-refractivity contribution in [2.75, 3.05) is 11.9 Å². The van der Waals surface area contributed by atoms with E-state index in [-0.39, 0.29) is 12.5 Å². The van der Waals surface area contributed by atoms with Crippen molar-refractivity contribution in [2.24, 2.45) is 0 Å². The highest BCUT2D eigenvalue weighted by atomic mass is 32.1. The highest BCUT2D eigenvalue weighted by Gasteiger charge is 2.21. The Labute approximate surface area is 130 Å². The molecule has 3 rings (SSSR count). The van der Waals surface area contributed by atoms with Crippen LogP contribution < -0.4 is 10.8 Å². The molecule has 114 valence electrons. The molecular formula is C14H14N4O3S. The number of benzene rings is 1. The van der Waals surface area contributed by atoms with Crippen LogP contribution in [0.1, 0.15) is 20.9 Å². The molecule has 0 aliphatic carbocycles. The second kappa shape index (κ2) is 6.22. The number of thiazole rings is 1. The van der Waals surface area contributed by atoms with Crippen molar-refractivity contribution < 1.29 is 14.8 Å². The molecule has 7 nitrogen and oxygen atoms in total. The number of hydroxylamine groups is 1. The lowest BCUT2D eigenvalue weighted by atomic mass is 10.1. The summed E-state index contributed by atoms with van der Waals surface area (Å²) >= 11 is 1.54. The van der Waals surface area contributed by atoms with Crippen molar-refractivity contribution >= 4 is 28.8 Å². The largest absolute Gasteiger partial charge is 0.325 e. The van der Waals surface area contributed by atoms with Gasteiger partial charge in [-0.1, -0.05) is 0 Å². The van der Waals surface area contributed by atoms with Gasteiger partial charge in [-0.05, 0) is 23.8 Å². The average Bonchev–Trinajstić information content (AvgIpc) is 2.95. The minimum absolute atomic E-state index is 0.102. The van der Waals surface area contributed by atoms with E-state index in [0.29, 0.717) is 24.3 Å². The molecule has 1 aromatic heterocycles. The summed E-state index contributed by atoms with van der Waals surface area (Å²) in [6, 6.07) is 4.90. The molecular weight excluding hydrogens is 304 g/mol. The van der Waals surface area contributed by atoms with Crippen molar-refractivity contribution in [1.82, 2.24) is 15.4 Å². The highest BCUT2D eigenvalue weighted by molar-refractivity contribution is 7.09. The van der Waals surface area contributed by atoms with Crippen LogP contribution in [0.3, 0.4) is 0 Å². The van der Waals surface area contributed by atoms with Gasteiger partial charge in [0.25, 0.3) is 5.91 Å². The fraction of sp³-hybridized carbons (Fsp3) is 0.214. The maximum atomic E-state index is 12.0. The molecule has 0 saturated carbocycles. The van der Waals surface area contributed by atoms with Gasteiger partial charge >= 0.3 is 0 Å². The molecule has 0 bridgehead atoms. The van der Waals surface area contributed by atoms with Gasteiger partial charge in [0.05, 0.1) is 13.1 Å². The first-order valence-electron chi connectivity index (χ1n) is 6.63. The predicted molar refractivity (Wildman–Crippen MR) is 80.6 cm³/mol. The number of nitrogens with zero attached hydrogens (tertiary/aromatic N) is 2. The molecule has 0 saturated heterocycles. The van der Waals surface area contributed by atoms with Gasteiger partial charge in [-0.3, -0.25) is 19.7 Å². The lowest BCUT2D eigenvalue weighted by Gasteiger charge is -2.17. The van der Waals surface area contributed by atoms with Crippen LogP contribution >= 0.6 is 11.3 Å². The second-order valence-corrected chi connectivity index (χ2v) is 5.91. The smallest absolute Gasteiger partial charge is 0.274 e. The summed E-state index contributed by atoms with van der Waals surface area (Å²) in [6.45, 7) is 1.34. The normalized spacial score (nSPS) is 14.9. The van der Waals surface area contributed by atoms with E-state index in [2.05, 4.69) is 10.3 Å². The van der Waals surface area contributed by atoms with E-state index in [0.717, 1.165) is 10.6 Å². The van der Waals surface area contributed by atoms with Crippen LogP contribution in [0.2, 0.25) is 0 Å². The summed E-state index contributed by atoms with van der Waals surface area (Å²) in [5, 5.41) is 14.4. The van der Waals surface area contributed by atoms with Gasteiger partial charge in [0.15, 0.2) is 0 Å². The molecule has 0 radical (unpaired) electrons. The monoisotopic (exact) mass is 318 g/mol. The van der Waals surface area contributed by atoms with Crippen LogP contribution in [0.5, 0.6) is 0 Å². The Balaban J connectivity index is 1.87. The number of anilines is 1. The molecule has 0 atom stereocenters. The Morgan fingerprint density at radius 1 is 1.45 bits per heavy atom. The topological polar surface area (TPSA) is 94.6 Å². The third kappa shape index (κ3) is 3.14. The minimum atomic E-state index is -0.579. The molecule has 0 unspecified atom stereocenters. The first-order valence-corrected chi connectivity index (χ1v) is 7.51. The molecule has 1 aliphatic rings. The molecule has 8 heteroatoms. The number of fused-ring (bicyclic) bond motifs is 1. The van der Waals surface area contributed by atoms with Crippen molar-refractivity contribution in [3.05, 3.63) is 45.9 Å². The van der Waals surface area contributed by atoms with Crippen LogP contribution in [-0.4, -0.2) is 33.5 Å². The Hall–Kier alpha value is -2.29. The van der Waals surface area contributed by atoms with Gasteiger partial charge in [-0.15, -0.1) is 11.3 Å². The standard InChI is InChI=1S/C14H14N4O3S/c19-12-7-18(8-13-15-3-4-22-13)6-10-5-9(14(20)17-21)1-2-11(10)16-12/h1-5,21H,6-8H2,(H,16,19)(H,17,20). The fourth-order valence-corrected chi connectivity index (χ4v) is 3.03. The molecule has 3 N–H and O–H groups in total. The molecule has 22 heavy (non-hydrogen) atoms. The zero-order chi connectivity index (χ0) is 15.5.